The van der Waals surface area contributed by atoms with E-state index in [9.17, 15) is 17.6 Å². The number of rotatable bonds is 6. The average Bonchev–Trinajstić information content (AvgIpc) is 2.70. The van der Waals surface area contributed by atoms with Gasteiger partial charge in [-0.1, -0.05) is 0 Å². The summed E-state index contributed by atoms with van der Waals surface area (Å²) in [6.45, 7) is 3.08. The summed E-state index contributed by atoms with van der Waals surface area (Å²) in [4.78, 5) is 16.4. The van der Waals surface area contributed by atoms with Gasteiger partial charge in [-0.3, -0.25) is 4.79 Å². The van der Waals surface area contributed by atoms with Gasteiger partial charge in [-0.15, -0.1) is 0 Å². The topological polar surface area (TPSA) is 97.8 Å². The van der Waals surface area contributed by atoms with Crippen LogP contribution in [0, 0.1) is 5.82 Å². The number of ether oxygens (including phenoxy) is 2. The van der Waals surface area contributed by atoms with Crippen molar-refractivity contribution in [2.45, 2.75) is 11.8 Å². The van der Waals surface area contributed by atoms with Crippen molar-refractivity contribution in [3.63, 3.8) is 0 Å². The minimum absolute atomic E-state index is 0.155. The smallest absolute Gasteiger partial charge is 0.258 e. The molecule has 0 saturated carbocycles. The van der Waals surface area contributed by atoms with Crippen LogP contribution in [0.2, 0.25) is 0 Å². The molecule has 0 spiro atoms. The molecule has 0 radical (unpaired) electrons. The van der Waals surface area contributed by atoms with Crippen LogP contribution in [0.5, 0.6) is 5.88 Å². The van der Waals surface area contributed by atoms with Crippen molar-refractivity contribution in [3.8, 4) is 5.88 Å². The molecule has 2 heterocycles. The molecule has 1 saturated heterocycles. The third-order valence-electron chi connectivity index (χ3n) is 4.09. The molecule has 1 fully saturated rings. The highest BCUT2D eigenvalue weighted by Crippen LogP contribution is 2.24. The van der Waals surface area contributed by atoms with Gasteiger partial charge in [0.25, 0.3) is 5.91 Å². The summed E-state index contributed by atoms with van der Waals surface area (Å²) < 4.78 is 51.5. The number of aromatic nitrogens is 1. The number of pyridine rings is 1. The van der Waals surface area contributed by atoms with E-state index in [0.29, 0.717) is 6.61 Å². The second-order valence-corrected chi connectivity index (χ2v) is 7.84. The molecule has 0 aliphatic carbocycles. The SMILES string of the molecule is CCOc1ncccc1NC(=O)c1cc(S(=O)(=O)N2CCOCC2)ccc1F. The Labute approximate surface area is 162 Å². The first-order valence-corrected chi connectivity index (χ1v) is 10.1. The van der Waals surface area contributed by atoms with Crippen molar-refractivity contribution < 1.29 is 27.1 Å². The number of benzene rings is 1. The molecule has 1 aromatic heterocycles. The fraction of sp³-hybridized carbons (Fsp3) is 0.333. The van der Waals surface area contributed by atoms with Crippen LogP contribution in [0.25, 0.3) is 0 Å². The monoisotopic (exact) mass is 409 g/mol. The van der Waals surface area contributed by atoms with Crippen LogP contribution < -0.4 is 10.1 Å². The number of morpholine rings is 1. The van der Waals surface area contributed by atoms with E-state index < -0.39 is 21.7 Å². The number of carbonyl (C=O) groups is 1. The standard InChI is InChI=1S/C18H20FN3O5S/c1-2-27-18-16(4-3-7-20-18)21-17(23)14-12-13(5-6-15(14)19)28(24,25)22-8-10-26-11-9-22/h3-7,12H,2,8-11H2,1H3,(H,21,23). The molecule has 1 aromatic carbocycles. The predicted octanol–water partition coefficient (Wildman–Crippen LogP) is 1.89. The van der Waals surface area contributed by atoms with Gasteiger partial charge in [0, 0.05) is 19.3 Å². The summed E-state index contributed by atoms with van der Waals surface area (Å²) in [5.41, 5.74) is -0.129. The first-order valence-electron chi connectivity index (χ1n) is 8.70. The molecule has 1 aliphatic rings. The third kappa shape index (κ3) is 4.29. The molecule has 0 unspecified atom stereocenters. The molecule has 3 rings (SSSR count). The highest BCUT2D eigenvalue weighted by atomic mass is 32.2. The van der Waals surface area contributed by atoms with Crippen LogP contribution in [0.15, 0.2) is 41.4 Å². The lowest BCUT2D eigenvalue weighted by Gasteiger charge is -2.26. The van der Waals surface area contributed by atoms with Crippen molar-refractivity contribution in [2.24, 2.45) is 0 Å². The molecule has 1 N–H and O–H groups in total. The number of sulfonamides is 1. The number of hydrogen-bond acceptors (Lipinski definition) is 6. The maximum Gasteiger partial charge on any atom is 0.258 e. The minimum Gasteiger partial charge on any atom is -0.476 e. The normalized spacial score (nSPS) is 15.2. The van der Waals surface area contributed by atoms with Crippen LogP contribution in [0.4, 0.5) is 10.1 Å². The van der Waals surface area contributed by atoms with Gasteiger partial charge in [0.2, 0.25) is 15.9 Å². The molecule has 150 valence electrons. The van der Waals surface area contributed by atoms with E-state index in [0.717, 1.165) is 18.2 Å². The van der Waals surface area contributed by atoms with Gasteiger partial charge < -0.3 is 14.8 Å². The number of nitrogens with zero attached hydrogens (tertiary/aromatic N) is 2. The largest absolute Gasteiger partial charge is 0.476 e. The Hall–Kier alpha value is -2.56. The van der Waals surface area contributed by atoms with Gasteiger partial charge in [-0.25, -0.2) is 17.8 Å². The Balaban J connectivity index is 1.88. The molecule has 1 amide bonds. The fourth-order valence-corrected chi connectivity index (χ4v) is 4.14. The molecule has 1 aliphatic heterocycles. The van der Waals surface area contributed by atoms with Crippen LogP contribution in [0.3, 0.4) is 0 Å². The molecule has 10 heteroatoms. The van der Waals surface area contributed by atoms with Crippen LogP contribution in [-0.2, 0) is 14.8 Å². The van der Waals surface area contributed by atoms with Crippen molar-refractivity contribution in [3.05, 3.63) is 47.9 Å². The van der Waals surface area contributed by atoms with Crippen molar-refractivity contribution in [1.82, 2.24) is 9.29 Å². The van der Waals surface area contributed by atoms with E-state index in [-0.39, 0.29) is 48.3 Å². The van der Waals surface area contributed by atoms with Crippen molar-refractivity contribution in [2.75, 3.05) is 38.2 Å². The molecule has 8 nitrogen and oxygen atoms in total. The summed E-state index contributed by atoms with van der Waals surface area (Å²) in [5, 5.41) is 2.52. The molecule has 2 aromatic rings. The first-order chi connectivity index (χ1) is 13.4. The van der Waals surface area contributed by atoms with Crippen LogP contribution >= 0.6 is 0 Å². The highest BCUT2D eigenvalue weighted by Gasteiger charge is 2.28. The maximum absolute atomic E-state index is 14.3. The number of anilines is 1. The number of hydrogen-bond donors (Lipinski definition) is 1. The van der Waals surface area contributed by atoms with Gasteiger partial charge >= 0.3 is 0 Å². The van der Waals surface area contributed by atoms with E-state index >= 15 is 0 Å². The second-order valence-electron chi connectivity index (χ2n) is 5.90. The summed E-state index contributed by atoms with van der Waals surface area (Å²) in [6, 6.07) is 6.30. The Kier molecular flexibility index (Phi) is 6.22. The lowest BCUT2D eigenvalue weighted by molar-refractivity contribution is 0.0730. The fourth-order valence-electron chi connectivity index (χ4n) is 2.70. The van der Waals surface area contributed by atoms with E-state index in [1.54, 1.807) is 19.1 Å². The van der Waals surface area contributed by atoms with Gasteiger partial charge in [0.1, 0.15) is 11.5 Å². The van der Waals surface area contributed by atoms with Crippen molar-refractivity contribution in [1.29, 1.82) is 0 Å². The number of carbonyl (C=O) groups excluding carboxylic acids is 1. The third-order valence-corrected chi connectivity index (χ3v) is 5.99. The summed E-state index contributed by atoms with van der Waals surface area (Å²) in [7, 11) is -3.85. The Morgan fingerprint density at radius 1 is 1.32 bits per heavy atom. The first kappa shape index (κ1) is 20.2. The zero-order chi connectivity index (χ0) is 20.1. The second kappa shape index (κ2) is 8.63. The van der Waals surface area contributed by atoms with Gasteiger partial charge in [-0.05, 0) is 37.3 Å². The van der Waals surface area contributed by atoms with E-state index in [4.69, 9.17) is 9.47 Å². The lowest BCUT2D eigenvalue weighted by Crippen LogP contribution is -2.40. The minimum atomic E-state index is -3.85. The van der Waals surface area contributed by atoms with Gasteiger partial charge in [0.05, 0.1) is 30.3 Å². The summed E-state index contributed by atoms with van der Waals surface area (Å²) in [5.74, 6) is -1.44. The molecule has 28 heavy (non-hydrogen) atoms. The average molecular weight is 409 g/mol. The molecular weight excluding hydrogens is 389 g/mol. The Bertz CT molecular complexity index is 961. The van der Waals surface area contributed by atoms with E-state index in [1.165, 1.54) is 10.5 Å². The van der Waals surface area contributed by atoms with Gasteiger partial charge in [-0.2, -0.15) is 4.31 Å². The Morgan fingerprint density at radius 3 is 2.79 bits per heavy atom. The quantitative estimate of drug-likeness (QED) is 0.783. The predicted molar refractivity (Wildman–Crippen MR) is 99.3 cm³/mol. The van der Waals surface area contributed by atoms with Crippen LogP contribution in [-0.4, -0.2) is 56.5 Å². The van der Waals surface area contributed by atoms with E-state index in [2.05, 4.69) is 10.3 Å². The lowest BCUT2D eigenvalue weighted by atomic mass is 10.2. The zero-order valence-electron chi connectivity index (χ0n) is 15.2. The van der Waals surface area contributed by atoms with Crippen LogP contribution in [0.1, 0.15) is 17.3 Å². The molecular formula is C18H20FN3O5S. The van der Waals surface area contributed by atoms with Gasteiger partial charge in [0.15, 0.2) is 0 Å². The number of halogens is 1. The highest BCUT2D eigenvalue weighted by molar-refractivity contribution is 7.89. The summed E-state index contributed by atoms with van der Waals surface area (Å²) in [6.07, 6.45) is 1.50. The zero-order valence-corrected chi connectivity index (χ0v) is 16.0. The Morgan fingerprint density at radius 2 is 2.07 bits per heavy atom. The summed E-state index contributed by atoms with van der Waals surface area (Å²) >= 11 is 0. The number of amides is 1. The van der Waals surface area contributed by atoms with E-state index in [1.807, 2.05) is 0 Å². The van der Waals surface area contributed by atoms with Crippen molar-refractivity contribution >= 4 is 21.6 Å². The molecule has 0 bridgehead atoms. The maximum atomic E-state index is 14.3. The number of nitrogens with one attached hydrogen (secondary N) is 1. The molecule has 0 atom stereocenters.